The van der Waals surface area contributed by atoms with E-state index in [1.165, 1.54) is 0 Å². The normalized spacial score (nSPS) is 12.1. The number of nitrogens with two attached hydrogens (primary N) is 1. The van der Waals surface area contributed by atoms with Crippen molar-refractivity contribution >= 4 is 39.4 Å². The van der Waals surface area contributed by atoms with Gasteiger partial charge in [-0.05, 0) is 44.7 Å². The van der Waals surface area contributed by atoms with Crippen molar-refractivity contribution in [2.75, 3.05) is 43.6 Å². The lowest BCUT2D eigenvalue weighted by Gasteiger charge is -2.24. The highest BCUT2D eigenvalue weighted by Gasteiger charge is 2.19. The highest BCUT2D eigenvalue weighted by atomic mass is 79.9. The average molecular weight is 422 g/mol. The molecule has 1 heterocycles. The smallest absolute Gasteiger partial charge is 0.238 e. The molecule has 0 saturated heterocycles. The van der Waals surface area contributed by atoms with Crippen LogP contribution in [0.15, 0.2) is 22.7 Å². The zero-order valence-corrected chi connectivity index (χ0v) is 17.2. The Morgan fingerprint density at radius 2 is 1.96 bits per heavy atom. The standard InChI is InChI=1S/C17H24BrN7O/c1-10-8-12(18)6-7-13(10)20-14(26)9-25(5)11(2)15-21-16(19)23-17(22-15)24(3)4/h6-8,11H,9H2,1-5H3,(H,20,26)(H2,19,21,22,23)/t11-/m0/s1. The minimum Gasteiger partial charge on any atom is -0.368 e. The third-order valence-corrected chi connectivity index (χ3v) is 4.44. The molecule has 0 aliphatic rings. The maximum atomic E-state index is 12.4. The van der Waals surface area contributed by atoms with Crippen LogP contribution in [0.3, 0.4) is 0 Å². The first-order valence-corrected chi connectivity index (χ1v) is 8.91. The number of likely N-dealkylation sites (N-methyl/N-ethyl adjacent to an activating group) is 1. The SMILES string of the molecule is Cc1cc(Br)ccc1NC(=O)CN(C)[C@@H](C)c1nc(N)nc(N(C)C)n1. The zero-order chi connectivity index (χ0) is 19.4. The Labute approximate surface area is 162 Å². The van der Waals surface area contributed by atoms with E-state index in [9.17, 15) is 4.79 Å². The van der Waals surface area contributed by atoms with Crippen molar-refractivity contribution in [3.63, 3.8) is 0 Å². The molecule has 0 aliphatic carbocycles. The number of carbonyl (C=O) groups excluding carboxylic acids is 1. The van der Waals surface area contributed by atoms with Gasteiger partial charge in [0.1, 0.15) is 0 Å². The van der Waals surface area contributed by atoms with Crippen molar-refractivity contribution in [2.45, 2.75) is 19.9 Å². The number of hydrogen-bond donors (Lipinski definition) is 2. The van der Waals surface area contributed by atoms with E-state index in [1.54, 1.807) is 4.90 Å². The summed E-state index contributed by atoms with van der Waals surface area (Å²) in [4.78, 5) is 28.7. The van der Waals surface area contributed by atoms with Gasteiger partial charge in [-0.2, -0.15) is 15.0 Å². The lowest BCUT2D eigenvalue weighted by atomic mass is 10.2. The molecule has 0 aliphatic heterocycles. The van der Waals surface area contributed by atoms with Crippen LogP contribution >= 0.6 is 15.9 Å². The van der Waals surface area contributed by atoms with E-state index in [0.29, 0.717) is 11.8 Å². The number of nitrogen functional groups attached to an aromatic ring is 1. The molecule has 1 aromatic carbocycles. The highest BCUT2D eigenvalue weighted by Crippen LogP contribution is 2.21. The molecule has 3 N–H and O–H groups in total. The summed E-state index contributed by atoms with van der Waals surface area (Å²) in [6.45, 7) is 4.06. The van der Waals surface area contributed by atoms with E-state index in [2.05, 4.69) is 36.2 Å². The van der Waals surface area contributed by atoms with Crippen molar-refractivity contribution in [1.29, 1.82) is 0 Å². The highest BCUT2D eigenvalue weighted by molar-refractivity contribution is 9.10. The third kappa shape index (κ3) is 5.12. The van der Waals surface area contributed by atoms with Gasteiger partial charge in [-0.1, -0.05) is 15.9 Å². The Hall–Kier alpha value is -2.26. The molecule has 9 heteroatoms. The van der Waals surface area contributed by atoms with Crippen LogP contribution in [-0.4, -0.2) is 53.4 Å². The predicted molar refractivity (Wildman–Crippen MR) is 107 cm³/mol. The van der Waals surface area contributed by atoms with Gasteiger partial charge in [0.15, 0.2) is 5.82 Å². The van der Waals surface area contributed by atoms with E-state index in [4.69, 9.17) is 5.73 Å². The second-order valence-electron chi connectivity index (χ2n) is 6.34. The minimum atomic E-state index is -0.198. The third-order valence-electron chi connectivity index (χ3n) is 3.95. The number of halogens is 1. The number of aryl methyl sites for hydroxylation is 1. The summed E-state index contributed by atoms with van der Waals surface area (Å²) in [5.74, 6) is 1.06. The van der Waals surface area contributed by atoms with Crippen LogP contribution in [0.4, 0.5) is 17.6 Å². The number of rotatable bonds is 6. The number of nitrogens with zero attached hydrogens (tertiary/aromatic N) is 5. The maximum Gasteiger partial charge on any atom is 0.238 e. The number of amides is 1. The average Bonchev–Trinajstić information content (AvgIpc) is 2.56. The van der Waals surface area contributed by atoms with Crippen molar-refractivity contribution in [3.05, 3.63) is 34.1 Å². The van der Waals surface area contributed by atoms with Crippen molar-refractivity contribution in [3.8, 4) is 0 Å². The van der Waals surface area contributed by atoms with Gasteiger partial charge < -0.3 is 16.0 Å². The summed E-state index contributed by atoms with van der Waals surface area (Å²) in [5, 5.41) is 2.93. The largest absolute Gasteiger partial charge is 0.368 e. The van der Waals surface area contributed by atoms with Gasteiger partial charge in [-0.3, -0.25) is 9.69 Å². The summed E-state index contributed by atoms with van der Waals surface area (Å²) in [7, 11) is 5.51. The lowest BCUT2D eigenvalue weighted by Crippen LogP contribution is -2.33. The summed E-state index contributed by atoms with van der Waals surface area (Å²) >= 11 is 3.42. The summed E-state index contributed by atoms with van der Waals surface area (Å²) < 4.78 is 0.975. The molecule has 0 saturated carbocycles. The molecule has 8 nitrogen and oxygen atoms in total. The molecule has 0 fully saturated rings. The van der Waals surface area contributed by atoms with E-state index in [0.717, 1.165) is 15.7 Å². The molecule has 140 valence electrons. The fourth-order valence-electron chi connectivity index (χ4n) is 2.30. The number of aromatic nitrogens is 3. The molecule has 0 unspecified atom stereocenters. The molecule has 2 rings (SSSR count). The number of hydrogen-bond acceptors (Lipinski definition) is 7. The lowest BCUT2D eigenvalue weighted by molar-refractivity contribution is -0.117. The van der Waals surface area contributed by atoms with Gasteiger partial charge in [-0.25, -0.2) is 0 Å². The van der Waals surface area contributed by atoms with E-state index < -0.39 is 0 Å². The Kier molecular flexibility index (Phi) is 6.49. The van der Waals surface area contributed by atoms with E-state index in [-0.39, 0.29) is 24.4 Å². The van der Waals surface area contributed by atoms with E-state index in [1.807, 2.05) is 58.1 Å². The van der Waals surface area contributed by atoms with Crippen LogP contribution in [0.2, 0.25) is 0 Å². The predicted octanol–water partition coefficient (Wildman–Crippen LogP) is 2.22. The Morgan fingerprint density at radius 1 is 1.27 bits per heavy atom. The van der Waals surface area contributed by atoms with Gasteiger partial charge in [0.05, 0.1) is 12.6 Å². The number of anilines is 3. The summed E-state index contributed by atoms with van der Waals surface area (Å²) in [5.41, 5.74) is 7.56. The first kappa shape index (κ1) is 20.1. The summed E-state index contributed by atoms with van der Waals surface area (Å²) in [6, 6.07) is 5.52. The molecule has 0 radical (unpaired) electrons. The van der Waals surface area contributed by atoms with Crippen LogP contribution in [-0.2, 0) is 4.79 Å². The fraction of sp³-hybridized carbons (Fsp3) is 0.412. The van der Waals surface area contributed by atoms with Crippen LogP contribution < -0.4 is 16.0 Å². The van der Waals surface area contributed by atoms with Crippen molar-refractivity contribution < 1.29 is 4.79 Å². The van der Waals surface area contributed by atoms with Gasteiger partial charge in [0, 0.05) is 24.3 Å². The Morgan fingerprint density at radius 3 is 2.58 bits per heavy atom. The summed E-state index contributed by atoms with van der Waals surface area (Å²) in [6.07, 6.45) is 0. The molecule has 1 aromatic heterocycles. The minimum absolute atomic E-state index is 0.111. The molecular weight excluding hydrogens is 398 g/mol. The van der Waals surface area contributed by atoms with Gasteiger partial charge in [0.2, 0.25) is 17.8 Å². The molecule has 2 aromatic rings. The fourth-order valence-corrected chi connectivity index (χ4v) is 2.78. The quantitative estimate of drug-likeness (QED) is 0.736. The van der Waals surface area contributed by atoms with Crippen LogP contribution in [0, 0.1) is 6.92 Å². The van der Waals surface area contributed by atoms with Crippen molar-refractivity contribution in [2.24, 2.45) is 0 Å². The number of nitrogens with one attached hydrogen (secondary N) is 1. The van der Waals surface area contributed by atoms with E-state index >= 15 is 0 Å². The second-order valence-corrected chi connectivity index (χ2v) is 7.26. The molecule has 26 heavy (non-hydrogen) atoms. The Bertz CT molecular complexity index is 797. The first-order chi connectivity index (χ1) is 12.2. The molecular formula is C17H24BrN7O. The number of carbonyl (C=O) groups is 1. The molecule has 0 bridgehead atoms. The first-order valence-electron chi connectivity index (χ1n) is 8.12. The monoisotopic (exact) mass is 421 g/mol. The molecule has 1 atom stereocenters. The zero-order valence-electron chi connectivity index (χ0n) is 15.6. The van der Waals surface area contributed by atoms with Gasteiger partial charge >= 0.3 is 0 Å². The van der Waals surface area contributed by atoms with Gasteiger partial charge in [-0.15, -0.1) is 0 Å². The number of benzene rings is 1. The van der Waals surface area contributed by atoms with Crippen LogP contribution in [0.25, 0.3) is 0 Å². The topological polar surface area (TPSA) is 100 Å². The van der Waals surface area contributed by atoms with Crippen molar-refractivity contribution in [1.82, 2.24) is 19.9 Å². The van der Waals surface area contributed by atoms with Gasteiger partial charge in [0.25, 0.3) is 0 Å². The molecule has 1 amide bonds. The van der Waals surface area contributed by atoms with Crippen LogP contribution in [0.1, 0.15) is 24.4 Å². The van der Waals surface area contributed by atoms with Crippen LogP contribution in [0.5, 0.6) is 0 Å². The molecule has 0 spiro atoms. The Balaban J connectivity index is 2.06. The maximum absolute atomic E-state index is 12.4. The second kappa shape index (κ2) is 8.41.